The molecule has 1 aliphatic heterocycles. The van der Waals surface area contributed by atoms with Crippen molar-refractivity contribution in [2.24, 2.45) is 0 Å². The number of hydrogen-bond donors (Lipinski definition) is 1. The predicted octanol–water partition coefficient (Wildman–Crippen LogP) is 1.31. The van der Waals surface area contributed by atoms with Crippen molar-refractivity contribution in [2.45, 2.75) is 12.8 Å². The van der Waals surface area contributed by atoms with Crippen LogP contribution in [0.25, 0.3) is 0 Å². The fourth-order valence-electron chi connectivity index (χ4n) is 1.75. The van der Waals surface area contributed by atoms with Crippen LogP contribution in [0.2, 0.25) is 0 Å². The van der Waals surface area contributed by atoms with Gasteiger partial charge in [0.25, 0.3) is 0 Å². The highest BCUT2D eigenvalue weighted by atomic mass is 32.2. The lowest BCUT2D eigenvalue weighted by Gasteiger charge is -2.16. The van der Waals surface area contributed by atoms with Gasteiger partial charge in [-0.1, -0.05) is 0 Å². The van der Waals surface area contributed by atoms with Gasteiger partial charge in [0.2, 0.25) is 0 Å². The molecule has 1 aliphatic rings. The summed E-state index contributed by atoms with van der Waals surface area (Å²) in [5, 5.41) is 8.64. The van der Waals surface area contributed by atoms with E-state index in [-0.39, 0.29) is 0 Å². The number of nitrogens with zero attached hydrogens (tertiary/aromatic N) is 2. The molecule has 1 aromatic carbocycles. The quantitative estimate of drug-likeness (QED) is 0.880. The maximum absolute atomic E-state index is 11.9. The van der Waals surface area contributed by atoms with Gasteiger partial charge in [-0.05, 0) is 37.1 Å². The van der Waals surface area contributed by atoms with Crippen LogP contribution in [0.1, 0.15) is 18.4 Å². The SMILES string of the molecule is N#Cc1ccc(NS(=O)(=O)N2CCCC2)cc1. The van der Waals surface area contributed by atoms with Crippen LogP contribution in [-0.4, -0.2) is 25.8 Å². The number of benzene rings is 1. The van der Waals surface area contributed by atoms with Crippen LogP contribution in [0.15, 0.2) is 24.3 Å². The number of hydrogen-bond acceptors (Lipinski definition) is 3. The van der Waals surface area contributed by atoms with Crippen LogP contribution in [0.5, 0.6) is 0 Å². The minimum absolute atomic E-state index is 0.482. The van der Waals surface area contributed by atoms with E-state index in [1.165, 1.54) is 4.31 Å². The second kappa shape index (κ2) is 4.73. The van der Waals surface area contributed by atoms with E-state index in [0.717, 1.165) is 12.8 Å². The molecule has 1 fully saturated rings. The first-order chi connectivity index (χ1) is 8.12. The van der Waals surface area contributed by atoms with Gasteiger partial charge in [0.15, 0.2) is 0 Å². The summed E-state index contributed by atoms with van der Waals surface area (Å²) in [6.45, 7) is 1.15. The third-order valence-electron chi connectivity index (χ3n) is 2.67. The number of nitrogens with one attached hydrogen (secondary N) is 1. The first kappa shape index (κ1) is 11.9. The standard InChI is InChI=1S/C11H13N3O2S/c12-9-10-3-5-11(6-4-10)13-17(15,16)14-7-1-2-8-14/h3-6,13H,1-2,7-8H2. The maximum atomic E-state index is 11.9. The topological polar surface area (TPSA) is 73.2 Å². The van der Waals surface area contributed by atoms with Crippen molar-refractivity contribution < 1.29 is 8.42 Å². The van der Waals surface area contributed by atoms with Crippen LogP contribution >= 0.6 is 0 Å². The van der Waals surface area contributed by atoms with E-state index in [1.54, 1.807) is 24.3 Å². The molecule has 1 N–H and O–H groups in total. The fraction of sp³-hybridized carbons (Fsp3) is 0.364. The van der Waals surface area contributed by atoms with E-state index in [1.807, 2.05) is 6.07 Å². The van der Waals surface area contributed by atoms with Gasteiger partial charge in [0.05, 0.1) is 11.6 Å². The van der Waals surface area contributed by atoms with Gasteiger partial charge in [-0.15, -0.1) is 0 Å². The lowest BCUT2D eigenvalue weighted by Crippen LogP contribution is -2.33. The van der Waals surface area contributed by atoms with Gasteiger partial charge < -0.3 is 0 Å². The Hall–Kier alpha value is -1.58. The Balaban J connectivity index is 2.11. The Bertz CT molecular complexity index is 525. The molecule has 90 valence electrons. The van der Waals surface area contributed by atoms with Crippen LogP contribution in [-0.2, 0) is 10.2 Å². The Morgan fingerprint density at radius 2 is 1.76 bits per heavy atom. The Morgan fingerprint density at radius 1 is 1.18 bits per heavy atom. The van der Waals surface area contributed by atoms with E-state index >= 15 is 0 Å². The summed E-state index contributed by atoms with van der Waals surface area (Å²) in [6, 6.07) is 8.33. The highest BCUT2D eigenvalue weighted by molar-refractivity contribution is 7.90. The van der Waals surface area contributed by atoms with Crippen molar-refractivity contribution in [2.75, 3.05) is 17.8 Å². The zero-order chi connectivity index (χ0) is 12.3. The second-order valence-corrected chi connectivity index (χ2v) is 5.57. The van der Waals surface area contributed by atoms with Gasteiger partial charge >= 0.3 is 10.2 Å². The third kappa shape index (κ3) is 2.75. The predicted molar refractivity (Wildman–Crippen MR) is 64.5 cm³/mol. The summed E-state index contributed by atoms with van der Waals surface area (Å²) in [5.74, 6) is 0. The molecule has 17 heavy (non-hydrogen) atoms. The number of rotatable bonds is 3. The van der Waals surface area contributed by atoms with Gasteiger partial charge in [0.1, 0.15) is 0 Å². The van der Waals surface area contributed by atoms with Crippen LogP contribution in [0.3, 0.4) is 0 Å². The summed E-state index contributed by atoms with van der Waals surface area (Å²) in [5.41, 5.74) is 0.991. The molecular weight excluding hydrogens is 238 g/mol. The molecule has 0 unspecified atom stereocenters. The summed E-state index contributed by atoms with van der Waals surface area (Å²) in [6.07, 6.45) is 1.82. The molecule has 1 saturated heterocycles. The molecule has 0 spiro atoms. The molecule has 0 aromatic heterocycles. The van der Waals surface area contributed by atoms with E-state index < -0.39 is 10.2 Å². The fourth-order valence-corrected chi connectivity index (χ4v) is 3.06. The second-order valence-electron chi connectivity index (χ2n) is 3.90. The van der Waals surface area contributed by atoms with E-state index in [2.05, 4.69) is 4.72 Å². The first-order valence-corrected chi connectivity index (χ1v) is 6.84. The lowest BCUT2D eigenvalue weighted by molar-refractivity contribution is 0.482. The Morgan fingerprint density at radius 3 is 2.29 bits per heavy atom. The van der Waals surface area contributed by atoms with E-state index in [9.17, 15) is 8.42 Å². The van der Waals surface area contributed by atoms with Gasteiger partial charge in [-0.2, -0.15) is 18.0 Å². The Kier molecular flexibility index (Phi) is 3.31. The smallest absolute Gasteiger partial charge is 0.271 e. The zero-order valence-electron chi connectivity index (χ0n) is 9.26. The molecule has 2 rings (SSSR count). The molecule has 0 atom stereocenters. The largest absolute Gasteiger partial charge is 0.301 e. The van der Waals surface area contributed by atoms with Gasteiger partial charge in [-0.3, -0.25) is 4.72 Å². The Labute approximate surface area is 101 Å². The molecular formula is C11H13N3O2S. The van der Waals surface area contributed by atoms with E-state index in [4.69, 9.17) is 5.26 Å². The van der Waals surface area contributed by atoms with Gasteiger partial charge in [0, 0.05) is 18.8 Å². The molecule has 6 heteroatoms. The third-order valence-corrected chi connectivity index (χ3v) is 4.20. The normalized spacial score (nSPS) is 16.6. The van der Waals surface area contributed by atoms with Crippen molar-refractivity contribution in [1.82, 2.24) is 4.31 Å². The molecule has 0 amide bonds. The molecule has 5 nitrogen and oxygen atoms in total. The average Bonchev–Trinajstić information content (AvgIpc) is 2.84. The molecule has 0 radical (unpaired) electrons. The van der Waals surface area contributed by atoms with Crippen molar-refractivity contribution >= 4 is 15.9 Å². The molecule has 1 heterocycles. The monoisotopic (exact) mass is 251 g/mol. The molecule has 0 saturated carbocycles. The summed E-state index contributed by atoms with van der Waals surface area (Å²) in [4.78, 5) is 0. The lowest BCUT2D eigenvalue weighted by atomic mass is 10.2. The van der Waals surface area contributed by atoms with E-state index in [0.29, 0.717) is 24.3 Å². The maximum Gasteiger partial charge on any atom is 0.301 e. The minimum Gasteiger partial charge on any atom is -0.271 e. The summed E-state index contributed by atoms with van der Waals surface area (Å²) < 4.78 is 27.7. The zero-order valence-corrected chi connectivity index (χ0v) is 10.1. The van der Waals surface area contributed by atoms with Crippen LogP contribution < -0.4 is 4.72 Å². The number of anilines is 1. The first-order valence-electron chi connectivity index (χ1n) is 5.40. The molecule has 0 bridgehead atoms. The van der Waals surface area contributed by atoms with Crippen molar-refractivity contribution in [3.63, 3.8) is 0 Å². The van der Waals surface area contributed by atoms with Gasteiger partial charge in [-0.25, -0.2) is 0 Å². The highest BCUT2D eigenvalue weighted by Crippen LogP contribution is 2.16. The van der Waals surface area contributed by atoms with Crippen molar-refractivity contribution in [3.05, 3.63) is 29.8 Å². The molecule has 0 aliphatic carbocycles. The number of nitriles is 1. The van der Waals surface area contributed by atoms with Crippen LogP contribution in [0, 0.1) is 11.3 Å². The average molecular weight is 251 g/mol. The minimum atomic E-state index is -3.43. The summed E-state index contributed by atoms with van der Waals surface area (Å²) in [7, 11) is -3.43. The van der Waals surface area contributed by atoms with Crippen molar-refractivity contribution in [3.8, 4) is 6.07 Å². The van der Waals surface area contributed by atoms with Crippen LogP contribution in [0.4, 0.5) is 5.69 Å². The summed E-state index contributed by atoms with van der Waals surface area (Å²) >= 11 is 0. The highest BCUT2D eigenvalue weighted by Gasteiger charge is 2.24. The molecule has 1 aromatic rings. The van der Waals surface area contributed by atoms with Crippen molar-refractivity contribution in [1.29, 1.82) is 5.26 Å².